The molecule has 1 aromatic carbocycles. The lowest BCUT2D eigenvalue weighted by molar-refractivity contribution is -0.116. The van der Waals surface area contributed by atoms with E-state index in [1.165, 1.54) is 29.5 Å². The number of nitrogens with zero attached hydrogens (tertiary/aromatic N) is 5. The van der Waals surface area contributed by atoms with E-state index in [9.17, 15) is 4.79 Å². The van der Waals surface area contributed by atoms with Gasteiger partial charge in [0.25, 0.3) is 0 Å². The SMILES string of the molecule is C=CCN(C(=O)CSc1nnc2n1CCCCC2)c1nc(-c2ccccc2)cs1. The highest BCUT2D eigenvalue weighted by Gasteiger charge is 2.21. The van der Waals surface area contributed by atoms with E-state index in [-0.39, 0.29) is 5.91 Å². The van der Waals surface area contributed by atoms with E-state index in [1.54, 1.807) is 11.0 Å². The van der Waals surface area contributed by atoms with Crippen LogP contribution in [0.25, 0.3) is 11.3 Å². The molecule has 1 aliphatic heterocycles. The second-order valence-electron chi connectivity index (χ2n) is 6.82. The van der Waals surface area contributed by atoms with Crippen molar-refractivity contribution in [1.82, 2.24) is 19.7 Å². The second-order valence-corrected chi connectivity index (χ2v) is 8.60. The first-order valence-electron chi connectivity index (χ1n) is 9.73. The fourth-order valence-electron chi connectivity index (χ4n) is 3.31. The number of rotatable bonds is 7. The highest BCUT2D eigenvalue weighted by atomic mass is 32.2. The zero-order valence-corrected chi connectivity index (χ0v) is 17.8. The van der Waals surface area contributed by atoms with Crippen LogP contribution in [0.4, 0.5) is 5.13 Å². The molecule has 0 saturated carbocycles. The minimum atomic E-state index is -0.00478. The summed E-state index contributed by atoms with van der Waals surface area (Å²) in [6, 6.07) is 9.99. The Labute approximate surface area is 178 Å². The van der Waals surface area contributed by atoms with Crippen LogP contribution in [0.1, 0.15) is 25.1 Å². The predicted octanol–water partition coefficient (Wildman–Crippen LogP) is 4.44. The van der Waals surface area contributed by atoms with E-state index in [0.29, 0.717) is 17.4 Å². The Balaban J connectivity index is 1.46. The number of anilines is 1. The Bertz CT molecular complexity index is 982. The van der Waals surface area contributed by atoms with Crippen LogP contribution in [0.5, 0.6) is 0 Å². The van der Waals surface area contributed by atoms with Crippen LogP contribution in [-0.2, 0) is 17.8 Å². The molecule has 8 heteroatoms. The van der Waals surface area contributed by atoms with Crippen LogP contribution in [-0.4, -0.2) is 38.0 Å². The van der Waals surface area contributed by atoms with Gasteiger partial charge in [-0.1, -0.05) is 54.6 Å². The Hall–Kier alpha value is -2.45. The molecule has 0 N–H and O–H groups in total. The van der Waals surface area contributed by atoms with Crippen molar-refractivity contribution in [1.29, 1.82) is 0 Å². The van der Waals surface area contributed by atoms with E-state index >= 15 is 0 Å². The second kappa shape index (κ2) is 9.37. The van der Waals surface area contributed by atoms with Crippen LogP contribution in [0.15, 0.2) is 53.5 Å². The van der Waals surface area contributed by atoms with Gasteiger partial charge in [-0.05, 0) is 12.8 Å². The van der Waals surface area contributed by atoms with Gasteiger partial charge in [0.1, 0.15) is 5.82 Å². The van der Waals surface area contributed by atoms with Gasteiger partial charge >= 0.3 is 0 Å². The minimum Gasteiger partial charge on any atom is -0.306 e. The summed E-state index contributed by atoms with van der Waals surface area (Å²) >= 11 is 2.93. The van der Waals surface area contributed by atoms with E-state index in [0.717, 1.165) is 48.0 Å². The third-order valence-electron chi connectivity index (χ3n) is 4.81. The lowest BCUT2D eigenvalue weighted by atomic mass is 10.2. The summed E-state index contributed by atoms with van der Waals surface area (Å²) in [5, 5.41) is 12.1. The predicted molar refractivity (Wildman–Crippen MR) is 118 cm³/mol. The number of amides is 1. The van der Waals surface area contributed by atoms with Gasteiger partial charge in [-0.3, -0.25) is 9.69 Å². The van der Waals surface area contributed by atoms with Crippen LogP contribution < -0.4 is 4.90 Å². The van der Waals surface area contributed by atoms with Crippen LogP contribution in [0.2, 0.25) is 0 Å². The largest absolute Gasteiger partial charge is 0.306 e. The van der Waals surface area contributed by atoms with Crippen molar-refractivity contribution in [3.63, 3.8) is 0 Å². The van der Waals surface area contributed by atoms with Gasteiger partial charge in [-0.2, -0.15) is 0 Å². The van der Waals surface area contributed by atoms with Crippen molar-refractivity contribution >= 4 is 34.1 Å². The van der Waals surface area contributed by atoms with Gasteiger partial charge in [0, 0.05) is 30.5 Å². The maximum absolute atomic E-state index is 13.0. The van der Waals surface area contributed by atoms with Crippen LogP contribution >= 0.6 is 23.1 Å². The standard InChI is InChI=1S/C21H23N5OS2/c1-2-12-26(20-22-17(14-28-20)16-9-5-3-6-10-16)19(27)15-29-21-24-23-18-11-7-4-8-13-25(18)21/h2-3,5-6,9-10,14H,1,4,7-8,11-13,15H2. The van der Waals surface area contributed by atoms with Gasteiger partial charge in [-0.25, -0.2) is 4.98 Å². The average Bonchev–Trinajstić information content (AvgIpc) is 3.32. The van der Waals surface area contributed by atoms with Crippen molar-refractivity contribution in [2.75, 3.05) is 17.2 Å². The number of thiazole rings is 1. The first kappa shape index (κ1) is 19.8. The summed E-state index contributed by atoms with van der Waals surface area (Å²) in [6.45, 7) is 5.16. The highest BCUT2D eigenvalue weighted by Crippen LogP contribution is 2.29. The Morgan fingerprint density at radius 1 is 1.24 bits per heavy atom. The molecule has 6 nitrogen and oxygen atoms in total. The molecule has 2 aromatic heterocycles. The number of carbonyl (C=O) groups is 1. The molecule has 0 radical (unpaired) electrons. The van der Waals surface area contributed by atoms with Crippen molar-refractivity contribution in [3.8, 4) is 11.3 Å². The highest BCUT2D eigenvalue weighted by molar-refractivity contribution is 7.99. The molecular weight excluding hydrogens is 402 g/mol. The molecule has 0 spiro atoms. The first-order valence-corrected chi connectivity index (χ1v) is 11.6. The molecule has 3 heterocycles. The van der Waals surface area contributed by atoms with Crippen molar-refractivity contribution < 1.29 is 4.79 Å². The van der Waals surface area contributed by atoms with Gasteiger partial charge in [-0.15, -0.1) is 28.1 Å². The number of hydrogen-bond donors (Lipinski definition) is 0. The van der Waals surface area contributed by atoms with E-state index in [4.69, 9.17) is 0 Å². The number of benzene rings is 1. The molecule has 0 aliphatic carbocycles. The van der Waals surface area contributed by atoms with Gasteiger partial charge < -0.3 is 4.57 Å². The average molecular weight is 426 g/mol. The van der Waals surface area contributed by atoms with Crippen LogP contribution in [0.3, 0.4) is 0 Å². The molecule has 29 heavy (non-hydrogen) atoms. The molecule has 0 saturated heterocycles. The van der Waals surface area contributed by atoms with E-state index < -0.39 is 0 Å². The summed E-state index contributed by atoms with van der Waals surface area (Å²) in [4.78, 5) is 19.3. The van der Waals surface area contributed by atoms with E-state index in [1.807, 2.05) is 35.7 Å². The monoisotopic (exact) mass is 425 g/mol. The van der Waals surface area contributed by atoms with Crippen LogP contribution in [0, 0.1) is 0 Å². The summed E-state index contributed by atoms with van der Waals surface area (Å²) in [7, 11) is 0. The molecule has 1 aliphatic rings. The minimum absolute atomic E-state index is 0.00478. The lowest BCUT2D eigenvalue weighted by Crippen LogP contribution is -2.32. The summed E-state index contributed by atoms with van der Waals surface area (Å²) < 4.78 is 2.17. The fourth-order valence-corrected chi connectivity index (χ4v) is 5.03. The molecule has 150 valence electrons. The zero-order chi connectivity index (χ0) is 20.1. The molecule has 1 amide bonds. The normalized spacial score (nSPS) is 13.5. The fraction of sp³-hybridized carbons (Fsp3) is 0.333. The maximum atomic E-state index is 13.0. The number of fused-ring (bicyclic) bond motifs is 1. The number of hydrogen-bond acceptors (Lipinski definition) is 6. The molecule has 3 aromatic rings. The third-order valence-corrected chi connectivity index (χ3v) is 6.62. The topological polar surface area (TPSA) is 63.9 Å². The zero-order valence-electron chi connectivity index (χ0n) is 16.2. The van der Waals surface area contributed by atoms with Gasteiger partial charge in [0.05, 0.1) is 11.4 Å². The lowest BCUT2D eigenvalue weighted by Gasteiger charge is -2.17. The molecule has 0 fully saturated rings. The molecule has 0 bridgehead atoms. The van der Waals surface area contributed by atoms with Crippen molar-refractivity contribution in [3.05, 3.63) is 54.2 Å². The van der Waals surface area contributed by atoms with Gasteiger partial charge in [0.15, 0.2) is 10.3 Å². The van der Waals surface area contributed by atoms with Crippen molar-refractivity contribution in [2.45, 2.75) is 37.4 Å². The summed E-state index contributed by atoms with van der Waals surface area (Å²) in [5.41, 5.74) is 1.92. The quantitative estimate of drug-likeness (QED) is 0.414. The summed E-state index contributed by atoms with van der Waals surface area (Å²) in [6.07, 6.45) is 6.20. The maximum Gasteiger partial charge on any atom is 0.239 e. The first-order chi connectivity index (χ1) is 14.3. The van der Waals surface area contributed by atoms with Crippen molar-refractivity contribution in [2.24, 2.45) is 0 Å². The van der Waals surface area contributed by atoms with Gasteiger partial charge in [0.2, 0.25) is 5.91 Å². The number of carbonyl (C=O) groups excluding carboxylic acids is 1. The molecule has 0 unspecified atom stereocenters. The van der Waals surface area contributed by atoms with E-state index in [2.05, 4.69) is 26.3 Å². The molecule has 0 atom stereocenters. The molecule has 4 rings (SSSR count). The molecular formula is C21H23N5OS2. The smallest absolute Gasteiger partial charge is 0.239 e. The third kappa shape index (κ3) is 4.59. The number of aromatic nitrogens is 4. The number of aryl methyl sites for hydroxylation is 1. The Morgan fingerprint density at radius 3 is 2.93 bits per heavy atom. The Kier molecular flexibility index (Phi) is 6.41. The number of thioether (sulfide) groups is 1. The Morgan fingerprint density at radius 2 is 2.10 bits per heavy atom. The summed E-state index contributed by atoms with van der Waals surface area (Å²) in [5.74, 6) is 1.33.